The minimum atomic E-state index is -0.539. The molecule has 4 aromatic rings. The topological polar surface area (TPSA) is 72.0 Å². The number of furan rings is 1. The van der Waals surface area contributed by atoms with E-state index in [1.807, 2.05) is 12.1 Å². The zero-order chi connectivity index (χ0) is 22.5. The van der Waals surface area contributed by atoms with Crippen LogP contribution >= 0.6 is 23.2 Å². The predicted octanol–water partition coefficient (Wildman–Crippen LogP) is 7.07. The number of phenolic OH excluding ortho intramolecular Hbond substituents is 1. The zero-order valence-electron chi connectivity index (χ0n) is 16.7. The van der Waals surface area contributed by atoms with Crippen molar-refractivity contribution in [1.82, 2.24) is 0 Å². The van der Waals surface area contributed by atoms with E-state index in [0.29, 0.717) is 33.4 Å². The van der Waals surface area contributed by atoms with Crippen molar-refractivity contribution < 1.29 is 19.1 Å². The van der Waals surface area contributed by atoms with Gasteiger partial charge in [-0.15, -0.1) is 0 Å². The normalized spacial score (nSPS) is 11.1. The summed E-state index contributed by atoms with van der Waals surface area (Å²) in [5.41, 5.74) is 2.36. The number of rotatable bonds is 6. The minimum Gasteiger partial charge on any atom is -0.508 e. The Labute approximate surface area is 194 Å². The first-order valence-electron chi connectivity index (χ1n) is 9.63. The number of carbonyl (C=O) groups excluding carboxylic acids is 1. The van der Waals surface area contributed by atoms with Gasteiger partial charge in [-0.25, -0.2) is 4.79 Å². The van der Waals surface area contributed by atoms with E-state index < -0.39 is 5.97 Å². The van der Waals surface area contributed by atoms with E-state index in [2.05, 4.69) is 4.99 Å². The Morgan fingerprint density at radius 3 is 2.50 bits per heavy atom. The molecule has 0 spiro atoms. The first-order chi connectivity index (χ1) is 15.5. The van der Waals surface area contributed by atoms with Crippen LogP contribution in [0.2, 0.25) is 10.0 Å². The summed E-state index contributed by atoms with van der Waals surface area (Å²) >= 11 is 12.4. The molecule has 0 radical (unpaired) electrons. The van der Waals surface area contributed by atoms with Crippen molar-refractivity contribution in [3.63, 3.8) is 0 Å². The molecular weight excluding hydrogens is 449 g/mol. The van der Waals surface area contributed by atoms with Gasteiger partial charge in [0.2, 0.25) is 0 Å². The molecule has 0 aliphatic carbocycles. The van der Waals surface area contributed by atoms with Crippen molar-refractivity contribution >= 4 is 41.1 Å². The maximum absolute atomic E-state index is 12.4. The molecule has 160 valence electrons. The lowest BCUT2D eigenvalue weighted by atomic mass is 10.1. The molecule has 0 amide bonds. The molecule has 1 heterocycles. The molecule has 32 heavy (non-hydrogen) atoms. The molecule has 3 aromatic carbocycles. The maximum Gasteiger partial charge on any atom is 0.339 e. The van der Waals surface area contributed by atoms with E-state index in [1.165, 1.54) is 0 Å². The highest BCUT2D eigenvalue weighted by Crippen LogP contribution is 2.28. The number of ether oxygens (including phenoxy) is 1. The number of hydrogen-bond donors (Lipinski definition) is 1. The van der Waals surface area contributed by atoms with Gasteiger partial charge in [0.25, 0.3) is 0 Å². The Morgan fingerprint density at radius 1 is 0.969 bits per heavy atom. The molecular formula is C25H17Cl2NO4. The predicted molar refractivity (Wildman–Crippen MR) is 125 cm³/mol. The fourth-order valence-corrected chi connectivity index (χ4v) is 3.37. The summed E-state index contributed by atoms with van der Waals surface area (Å²) in [4.78, 5) is 16.7. The fourth-order valence-electron chi connectivity index (χ4n) is 2.92. The molecule has 0 saturated carbocycles. The van der Waals surface area contributed by atoms with Gasteiger partial charge < -0.3 is 14.3 Å². The highest BCUT2D eigenvalue weighted by atomic mass is 35.5. The highest BCUT2D eigenvalue weighted by molar-refractivity contribution is 6.34. The van der Waals surface area contributed by atoms with Crippen LogP contribution in [0.1, 0.15) is 21.7 Å². The number of halogens is 2. The first-order valence-corrected chi connectivity index (χ1v) is 10.4. The number of nitrogens with zero attached hydrogens (tertiary/aromatic N) is 1. The molecule has 0 saturated heterocycles. The minimum absolute atomic E-state index is 0.0541. The smallest absolute Gasteiger partial charge is 0.339 e. The standard InChI is InChI=1S/C25H17Cl2NO4/c26-22-4-2-1-3-17(22)15-31-25(30)21-11-5-16(13-23(21)27)24-12-10-20(32-24)14-28-18-6-8-19(29)9-7-18/h1-14,29H,15H2. The maximum atomic E-state index is 12.4. The highest BCUT2D eigenvalue weighted by Gasteiger charge is 2.15. The van der Waals surface area contributed by atoms with Crippen LogP contribution in [0.25, 0.3) is 11.3 Å². The van der Waals surface area contributed by atoms with Gasteiger partial charge in [-0.05, 0) is 54.6 Å². The van der Waals surface area contributed by atoms with Gasteiger partial charge in [0.1, 0.15) is 23.9 Å². The van der Waals surface area contributed by atoms with Crippen molar-refractivity contribution in [3.05, 3.63) is 106 Å². The van der Waals surface area contributed by atoms with Crippen molar-refractivity contribution in [2.45, 2.75) is 6.61 Å². The summed E-state index contributed by atoms with van der Waals surface area (Å²) in [6.07, 6.45) is 1.58. The Kier molecular flexibility index (Phi) is 6.59. The van der Waals surface area contributed by atoms with Crippen LogP contribution in [0.3, 0.4) is 0 Å². The Balaban J connectivity index is 1.44. The lowest BCUT2D eigenvalue weighted by Crippen LogP contribution is -2.06. The Hall–Kier alpha value is -3.54. The summed E-state index contributed by atoms with van der Waals surface area (Å²) in [5, 5.41) is 10.1. The molecule has 5 nitrogen and oxygen atoms in total. The van der Waals surface area contributed by atoms with Gasteiger partial charge in [0.05, 0.1) is 22.5 Å². The van der Waals surface area contributed by atoms with E-state index in [0.717, 1.165) is 0 Å². The molecule has 1 N–H and O–H groups in total. The van der Waals surface area contributed by atoms with Crippen LogP contribution in [0.4, 0.5) is 5.69 Å². The molecule has 4 rings (SSSR count). The second-order valence-electron chi connectivity index (χ2n) is 6.84. The summed E-state index contributed by atoms with van der Waals surface area (Å²) in [6, 6.07) is 22.2. The second-order valence-corrected chi connectivity index (χ2v) is 7.65. The average molecular weight is 466 g/mol. The Morgan fingerprint density at radius 2 is 1.75 bits per heavy atom. The van der Waals surface area contributed by atoms with Crippen LogP contribution in [0.15, 0.2) is 88.3 Å². The van der Waals surface area contributed by atoms with Crippen LogP contribution in [0.5, 0.6) is 5.75 Å². The lowest BCUT2D eigenvalue weighted by Gasteiger charge is -2.08. The monoisotopic (exact) mass is 465 g/mol. The van der Waals surface area contributed by atoms with Gasteiger partial charge in [-0.1, -0.05) is 47.5 Å². The van der Waals surface area contributed by atoms with Gasteiger partial charge >= 0.3 is 5.97 Å². The van der Waals surface area contributed by atoms with Crippen LogP contribution in [0, 0.1) is 0 Å². The summed E-state index contributed by atoms with van der Waals surface area (Å²) in [7, 11) is 0. The third-order valence-corrected chi connectivity index (χ3v) is 5.29. The summed E-state index contributed by atoms with van der Waals surface area (Å²) < 4.78 is 11.1. The van der Waals surface area contributed by atoms with Crippen molar-refractivity contribution in [3.8, 4) is 17.1 Å². The van der Waals surface area contributed by atoms with E-state index in [4.69, 9.17) is 32.4 Å². The molecule has 0 aliphatic heterocycles. The molecule has 0 bridgehead atoms. The number of aromatic hydroxyl groups is 1. The second kappa shape index (κ2) is 9.73. The van der Waals surface area contributed by atoms with E-state index in [1.54, 1.807) is 72.9 Å². The molecule has 0 atom stereocenters. The van der Waals surface area contributed by atoms with E-state index in [-0.39, 0.29) is 22.9 Å². The number of benzene rings is 3. The molecule has 7 heteroatoms. The van der Waals surface area contributed by atoms with Crippen LogP contribution in [-0.4, -0.2) is 17.3 Å². The number of hydrogen-bond acceptors (Lipinski definition) is 5. The van der Waals surface area contributed by atoms with Gasteiger partial charge in [0.15, 0.2) is 0 Å². The van der Waals surface area contributed by atoms with Crippen molar-refractivity contribution in [2.24, 2.45) is 4.99 Å². The Bertz CT molecular complexity index is 1280. The fraction of sp³-hybridized carbons (Fsp3) is 0.0400. The molecule has 0 unspecified atom stereocenters. The number of esters is 1. The molecule has 0 fully saturated rings. The first kappa shape index (κ1) is 21.7. The van der Waals surface area contributed by atoms with Gasteiger partial charge in [-0.2, -0.15) is 0 Å². The SMILES string of the molecule is O=C(OCc1ccccc1Cl)c1ccc(-c2ccc(C=Nc3ccc(O)cc3)o2)cc1Cl. The number of phenols is 1. The summed E-state index contributed by atoms with van der Waals surface area (Å²) in [5.74, 6) is 0.766. The molecule has 0 aliphatic rings. The van der Waals surface area contributed by atoms with Crippen molar-refractivity contribution in [1.29, 1.82) is 0 Å². The van der Waals surface area contributed by atoms with E-state index in [9.17, 15) is 9.90 Å². The molecule has 1 aromatic heterocycles. The summed E-state index contributed by atoms with van der Waals surface area (Å²) in [6.45, 7) is 0.0541. The van der Waals surface area contributed by atoms with Crippen LogP contribution in [-0.2, 0) is 11.3 Å². The quantitative estimate of drug-likeness (QED) is 0.244. The van der Waals surface area contributed by atoms with Gasteiger partial charge in [-0.3, -0.25) is 4.99 Å². The van der Waals surface area contributed by atoms with Crippen molar-refractivity contribution in [2.75, 3.05) is 0 Å². The van der Waals surface area contributed by atoms with Gasteiger partial charge in [0, 0.05) is 16.1 Å². The average Bonchev–Trinajstić information content (AvgIpc) is 3.27. The third kappa shape index (κ3) is 5.19. The zero-order valence-corrected chi connectivity index (χ0v) is 18.2. The third-order valence-electron chi connectivity index (χ3n) is 4.61. The van der Waals surface area contributed by atoms with E-state index >= 15 is 0 Å². The van der Waals surface area contributed by atoms with Crippen LogP contribution < -0.4 is 0 Å². The largest absolute Gasteiger partial charge is 0.508 e. The number of aliphatic imine (C=N–C) groups is 1. The number of carbonyl (C=O) groups is 1. The lowest BCUT2D eigenvalue weighted by molar-refractivity contribution is 0.0473.